The van der Waals surface area contributed by atoms with Crippen LogP contribution >= 0.6 is 0 Å². The van der Waals surface area contributed by atoms with Crippen LogP contribution in [0.2, 0.25) is 0 Å². The van der Waals surface area contributed by atoms with Gasteiger partial charge in [-0.05, 0) is 25.0 Å². The molecule has 2 atom stereocenters. The zero-order valence-corrected chi connectivity index (χ0v) is 12.2. The molecule has 1 fully saturated rings. The largest absolute Gasteiger partial charge is 0.382 e. The van der Waals surface area contributed by atoms with Gasteiger partial charge in [-0.25, -0.2) is 8.42 Å². The summed E-state index contributed by atoms with van der Waals surface area (Å²) in [7, 11) is -3.21. The van der Waals surface area contributed by atoms with Gasteiger partial charge in [0.15, 0.2) is 9.84 Å². The minimum absolute atomic E-state index is 0.202. The minimum atomic E-state index is -3.21. The Hall–Kier alpha value is -1.23. The summed E-state index contributed by atoms with van der Waals surface area (Å²) in [5.74, 6) is 0. The first-order valence-corrected chi connectivity index (χ1v) is 8.63. The number of rotatable bonds is 1. The number of sulfone groups is 1. The van der Waals surface area contributed by atoms with E-state index in [4.69, 9.17) is 0 Å². The lowest BCUT2D eigenvalue weighted by Gasteiger charge is -2.29. The smallest absolute Gasteiger partial charge is 0.177 e. The van der Waals surface area contributed by atoms with Gasteiger partial charge < -0.3 is 10.6 Å². The van der Waals surface area contributed by atoms with Crippen LogP contribution in [0.1, 0.15) is 26.2 Å². The molecule has 1 aromatic carbocycles. The van der Waals surface area contributed by atoms with Crippen molar-refractivity contribution in [1.29, 1.82) is 0 Å². The van der Waals surface area contributed by atoms with Crippen molar-refractivity contribution in [3.63, 3.8) is 0 Å². The molecule has 4 nitrogen and oxygen atoms in total. The van der Waals surface area contributed by atoms with E-state index in [-0.39, 0.29) is 5.41 Å². The van der Waals surface area contributed by atoms with E-state index in [9.17, 15) is 8.42 Å². The van der Waals surface area contributed by atoms with Gasteiger partial charge in [0.2, 0.25) is 0 Å². The van der Waals surface area contributed by atoms with Crippen molar-refractivity contribution >= 4 is 21.2 Å². The van der Waals surface area contributed by atoms with Crippen molar-refractivity contribution in [3.05, 3.63) is 18.2 Å². The molecule has 0 aromatic heterocycles. The van der Waals surface area contributed by atoms with Crippen molar-refractivity contribution < 1.29 is 8.42 Å². The maximum atomic E-state index is 11.9. The van der Waals surface area contributed by atoms with Crippen LogP contribution in [0.15, 0.2) is 23.1 Å². The van der Waals surface area contributed by atoms with E-state index in [0.29, 0.717) is 10.9 Å². The molecule has 1 heterocycles. The molecule has 19 heavy (non-hydrogen) atoms. The zero-order valence-electron chi connectivity index (χ0n) is 11.4. The number of benzene rings is 1. The molecule has 0 bridgehead atoms. The molecule has 2 unspecified atom stereocenters. The fourth-order valence-electron chi connectivity index (χ4n) is 3.31. The maximum Gasteiger partial charge on any atom is 0.177 e. The SMILES string of the molecule is CC12CCCC1Nc1cccc(S(C)(=O)=O)c1NC2. The van der Waals surface area contributed by atoms with Crippen molar-refractivity contribution in [2.45, 2.75) is 37.1 Å². The number of hydrogen-bond acceptors (Lipinski definition) is 4. The Kier molecular flexibility index (Phi) is 2.78. The summed E-state index contributed by atoms with van der Waals surface area (Å²) in [5, 5.41) is 6.92. The summed E-state index contributed by atoms with van der Waals surface area (Å²) in [6.45, 7) is 3.10. The third kappa shape index (κ3) is 2.10. The normalized spacial score (nSPS) is 29.7. The molecular weight excluding hydrogens is 260 g/mol. The Labute approximate surface area is 114 Å². The molecule has 0 amide bonds. The lowest BCUT2D eigenvalue weighted by molar-refractivity contribution is 0.335. The quantitative estimate of drug-likeness (QED) is 0.830. The van der Waals surface area contributed by atoms with Crippen LogP contribution < -0.4 is 10.6 Å². The van der Waals surface area contributed by atoms with Crippen molar-refractivity contribution in [2.24, 2.45) is 5.41 Å². The average Bonchev–Trinajstić information content (AvgIpc) is 2.62. The van der Waals surface area contributed by atoms with E-state index >= 15 is 0 Å². The van der Waals surface area contributed by atoms with E-state index in [1.54, 1.807) is 6.07 Å². The van der Waals surface area contributed by atoms with E-state index in [1.165, 1.54) is 19.1 Å². The lowest BCUT2D eigenvalue weighted by atomic mass is 9.85. The lowest BCUT2D eigenvalue weighted by Crippen LogP contribution is -2.36. The van der Waals surface area contributed by atoms with Gasteiger partial charge in [-0.3, -0.25) is 0 Å². The molecule has 0 spiro atoms. The highest BCUT2D eigenvalue weighted by molar-refractivity contribution is 7.90. The fourth-order valence-corrected chi connectivity index (χ4v) is 4.19. The predicted octanol–water partition coefficient (Wildman–Crippen LogP) is 2.49. The Morgan fingerprint density at radius 3 is 2.89 bits per heavy atom. The molecule has 3 rings (SSSR count). The molecule has 2 N–H and O–H groups in total. The van der Waals surface area contributed by atoms with E-state index in [0.717, 1.165) is 24.3 Å². The third-order valence-corrected chi connectivity index (χ3v) is 5.65. The van der Waals surface area contributed by atoms with Crippen LogP contribution in [0.25, 0.3) is 0 Å². The highest BCUT2D eigenvalue weighted by atomic mass is 32.2. The van der Waals surface area contributed by atoms with Gasteiger partial charge in [0.1, 0.15) is 0 Å². The van der Waals surface area contributed by atoms with Crippen LogP contribution in [0.4, 0.5) is 11.4 Å². The first-order valence-electron chi connectivity index (χ1n) is 6.74. The van der Waals surface area contributed by atoms with Gasteiger partial charge >= 0.3 is 0 Å². The Morgan fingerprint density at radius 2 is 2.16 bits per heavy atom. The number of nitrogens with one attached hydrogen (secondary N) is 2. The van der Waals surface area contributed by atoms with Gasteiger partial charge in [-0.2, -0.15) is 0 Å². The first kappa shape index (κ1) is 12.8. The summed E-state index contributed by atoms with van der Waals surface area (Å²) in [6.07, 6.45) is 4.83. The van der Waals surface area contributed by atoms with Crippen LogP contribution in [0.3, 0.4) is 0 Å². The molecule has 5 heteroatoms. The standard InChI is InChI=1S/C14H20N2O2S/c1-14-8-4-7-12(14)16-10-5-3-6-11(19(2,17)18)13(10)15-9-14/h3,5-6,12,15-16H,4,7-9H2,1-2H3. The second-order valence-electron chi connectivity index (χ2n) is 6.05. The Bertz CT molecular complexity index is 612. The second-order valence-corrected chi connectivity index (χ2v) is 8.03. The predicted molar refractivity (Wildman–Crippen MR) is 77.4 cm³/mol. The summed E-state index contributed by atoms with van der Waals surface area (Å²) in [4.78, 5) is 0.390. The maximum absolute atomic E-state index is 11.9. The topological polar surface area (TPSA) is 58.2 Å². The molecular formula is C14H20N2O2S. The summed E-state index contributed by atoms with van der Waals surface area (Å²) >= 11 is 0. The van der Waals surface area contributed by atoms with Crippen LogP contribution in [-0.4, -0.2) is 27.3 Å². The molecule has 1 aliphatic heterocycles. The Morgan fingerprint density at radius 1 is 1.37 bits per heavy atom. The number of anilines is 2. The van der Waals surface area contributed by atoms with Gasteiger partial charge in [-0.15, -0.1) is 0 Å². The van der Waals surface area contributed by atoms with Gasteiger partial charge in [-0.1, -0.05) is 19.4 Å². The summed E-state index contributed by atoms with van der Waals surface area (Å²) in [6, 6.07) is 5.87. The van der Waals surface area contributed by atoms with Crippen molar-refractivity contribution in [3.8, 4) is 0 Å². The zero-order chi connectivity index (χ0) is 13.7. The monoisotopic (exact) mass is 280 g/mol. The number of hydrogen-bond donors (Lipinski definition) is 2. The molecule has 0 radical (unpaired) electrons. The fraction of sp³-hybridized carbons (Fsp3) is 0.571. The summed E-state index contributed by atoms with van der Waals surface area (Å²) in [5.41, 5.74) is 1.85. The van der Waals surface area contributed by atoms with E-state index in [1.807, 2.05) is 12.1 Å². The van der Waals surface area contributed by atoms with Crippen LogP contribution in [0.5, 0.6) is 0 Å². The highest BCUT2D eigenvalue weighted by Gasteiger charge is 2.41. The average molecular weight is 280 g/mol. The van der Waals surface area contributed by atoms with Crippen LogP contribution in [0, 0.1) is 5.41 Å². The number of para-hydroxylation sites is 1. The minimum Gasteiger partial charge on any atom is -0.382 e. The molecule has 1 aromatic rings. The van der Waals surface area contributed by atoms with Gasteiger partial charge in [0, 0.05) is 24.3 Å². The van der Waals surface area contributed by atoms with Gasteiger partial charge in [0.25, 0.3) is 0 Å². The van der Waals surface area contributed by atoms with Crippen LogP contribution in [-0.2, 0) is 9.84 Å². The molecule has 104 valence electrons. The van der Waals surface area contributed by atoms with Gasteiger partial charge in [0.05, 0.1) is 16.3 Å². The van der Waals surface area contributed by atoms with E-state index < -0.39 is 9.84 Å². The third-order valence-electron chi connectivity index (χ3n) is 4.51. The molecule has 2 aliphatic rings. The molecule has 1 saturated carbocycles. The van der Waals surface area contributed by atoms with Crippen molar-refractivity contribution in [1.82, 2.24) is 0 Å². The highest BCUT2D eigenvalue weighted by Crippen LogP contribution is 2.44. The van der Waals surface area contributed by atoms with E-state index in [2.05, 4.69) is 17.6 Å². The first-order chi connectivity index (χ1) is 8.90. The molecule has 1 aliphatic carbocycles. The Balaban J connectivity index is 2.08. The van der Waals surface area contributed by atoms with Crippen molar-refractivity contribution in [2.75, 3.05) is 23.4 Å². The second kappa shape index (κ2) is 4.13. The molecule has 0 saturated heterocycles. The summed E-state index contributed by atoms with van der Waals surface area (Å²) < 4.78 is 23.8. The number of fused-ring (bicyclic) bond motifs is 2.